The summed E-state index contributed by atoms with van der Waals surface area (Å²) in [6, 6.07) is 15.2. The second kappa shape index (κ2) is 4.63. The van der Waals surface area contributed by atoms with Crippen molar-refractivity contribution >= 4 is 26.8 Å². The van der Waals surface area contributed by atoms with Crippen molar-refractivity contribution < 1.29 is 4.73 Å². The van der Waals surface area contributed by atoms with Crippen molar-refractivity contribution in [2.75, 3.05) is 0 Å². The van der Waals surface area contributed by atoms with E-state index in [2.05, 4.69) is 20.9 Å². The molecule has 0 radical (unpaired) electrons. The fourth-order valence-electron chi connectivity index (χ4n) is 2.11. The van der Waals surface area contributed by atoms with E-state index in [1.807, 2.05) is 55.5 Å². The molecule has 0 N–H and O–H groups in total. The van der Waals surface area contributed by atoms with Crippen LogP contribution in [0.1, 0.15) is 5.69 Å². The Morgan fingerprint density at radius 3 is 2.53 bits per heavy atom. The van der Waals surface area contributed by atoms with E-state index in [0.29, 0.717) is 11.5 Å². The van der Waals surface area contributed by atoms with Gasteiger partial charge in [-0.15, -0.1) is 0 Å². The molecule has 0 saturated heterocycles. The standard InChI is InChI=1S/C15H11BrN2O/c1-10-12-8-5-9-13(16)14(12)17-15(18(10)19)11-6-3-2-4-7-11/h2-9H,1H3. The molecule has 0 saturated carbocycles. The van der Waals surface area contributed by atoms with Gasteiger partial charge in [0.15, 0.2) is 0 Å². The summed E-state index contributed by atoms with van der Waals surface area (Å²) < 4.78 is 1.79. The van der Waals surface area contributed by atoms with Gasteiger partial charge in [-0.25, -0.2) is 4.73 Å². The molecule has 3 nitrogen and oxygen atoms in total. The second-order valence-corrected chi connectivity index (χ2v) is 5.17. The Bertz CT molecular complexity index is 757. The first-order valence-corrected chi connectivity index (χ1v) is 6.71. The highest BCUT2D eigenvalue weighted by molar-refractivity contribution is 9.10. The van der Waals surface area contributed by atoms with E-state index in [1.54, 1.807) is 0 Å². The van der Waals surface area contributed by atoms with Crippen LogP contribution < -0.4 is 4.73 Å². The number of aromatic nitrogens is 2. The number of nitrogens with zero attached hydrogens (tertiary/aromatic N) is 2. The maximum atomic E-state index is 12.3. The molecule has 0 aliphatic heterocycles. The van der Waals surface area contributed by atoms with Crippen LogP contribution in [0.4, 0.5) is 0 Å². The SMILES string of the molecule is Cc1c2cccc(Br)c2nc(-c2ccccc2)[n+]1[O-]. The predicted octanol–water partition coefficient (Wildman–Crippen LogP) is 3.61. The van der Waals surface area contributed by atoms with E-state index in [0.717, 1.165) is 25.7 Å². The minimum Gasteiger partial charge on any atom is -0.710 e. The number of aryl methyl sites for hydroxylation is 1. The fraction of sp³-hybridized carbons (Fsp3) is 0.0667. The fourth-order valence-corrected chi connectivity index (χ4v) is 2.56. The molecule has 0 bridgehead atoms. The lowest BCUT2D eigenvalue weighted by molar-refractivity contribution is -0.601. The molecular weight excluding hydrogens is 304 g/mol. The Morgan fingerprint density at radius 1 is 1.05 bits per heavy atom. The average molecular weight is 315 g/mol. The lowest BCUT2D eigenvalue weighted by atomic mass is 10.1. The van der Waals surface area contributed by atoms with Gasteiger partial charge in [0.05, 0.1) is 15.4 Å². The second-order valence-electron chi connectivity index (χ2n) is 4.32. The Balaban J connectivity index is 2.39. The number of hydrogen-bond acceptors (Lipinski definition) is 2. The molecule has 0 atom stereocenters. The third kappa shape index (κ3) is 1.98. The topological polar surface area (TPSA) is 39.8 Å². The van der Waals surface area contributed by atoms with Gasteiger partial charge in [-0.2, -0.15) is 0 Å². The number of hydrogen-bond donors (Lipinski definition) is 0. The highest BCUT2D eigenvalue weighted by Gasteiger charge is 2.18. The van der Waals surface area contributed by atoms with E-state index < -0.39 is 0 Å². The number of rotatable bonds is 1. The molecule has 0 aliphatic carbocycles. The van der Waals surface area contributed by atoms with E-state index in [-0.39, 0.29) is 0 Å². The predicted molar refractivity (Wildman–Crippen MR) is 78.6 cm³/mol. The van der Waals surface area contributed by atoms with Crippen LogP contribution in [0.15, 0.2) is 53.0 Å². The van der Waals surface area contributed by atoms with Crippen molar-refractivity contribution in [1.29, 1.82) is 0 Å². The van der Waals surface area contributed by atoms with Crippen LogP contribution in [0, 0.1) is 12.1 Å². The Hall–Kier alpha value is -1.94. The highest BCUT2D eigenvalue weighted by Crippen LogP contribution is 2.25. The Morgan fingerprint density at radius 2 is 1.79 bits per heavy atom. The first-order valence-electron chi connectivity index (χ1n) is 5.92. The minimum atomic E-state index is 0.428. The van der Waals surface area contributed by atoms with Gasteiger partial charge in [0.25, 0.3) is 0 Å². The van der Waals surface area contributed by atoms with Gasteiger partial charge in [0, 0.05) is 0 Å². The van der Waals surface area contributed by atoms with Gasteiger partial charge >= 0.3 is 5.82 Å². The zero-order valence-electron chi connectivity index (χ0n) is 10.3. The summed E-state index contributed by atoms with van der Waals surface area (Å²) in [7, 11) is 0. The Kier molecular flexibility index (Phi) is 2.95. The first-order chi connectivity index (χ1) is 9.18. The normalized spacial score (nSPS) is 10.8. The average Bonchev–Trinajstić information content (AvgIpc) is 2.44. The van der Waals surface area contributed by atoms with Gasteiger partial charge in [0.1, 0.15) is 5.69 Å². The lowest BCUT2D eigenvalue weighted by Crippen LogP contribution is -2.34. The summed E-state index contributed by atoms with van der Waals surface area (Å²) in [6.07, 6.45) is 0. The summed E-state index contributed by atoms with van der Waals surface area (Å²) in [6.45, 7) is 1.82. The highest BCUT2D eigenvalue weighted by atomic mass is 79.9. The molecule has 1 heterocycles. The van der Waals surface area contributed by atoms with E-state index in [9.17, 15) is 5.21 Å². The van der Waals surface area contributed by atoms with Crippen LogP contribution in [0.2, 0.25) is 0 Å². The molecule has 19 heavy (non-hydrogen) atoms. The van der Waals surface area contributed by atoms with Crippen LogP contribution in [-0.4, -0.2) is 4.98 Å². The van der Waals surface area contributed by atoms with Crippen molar-refractivity contribution in [3.8, 4) is 11.4 Å². The molecule has 2 aromatic carbocycles. The molecule has 94 valence electrons. The van der Waals surface area contributed by atoms with Crippen LogP contribution >= 0.6 is 15.9 Å². The molecule has 0 amide bonds. The van der Waals surface area contributed by atoms with E-state index >= 15 is 0 Å². The quantitative estimate of drug-likeness (QED) is 0.508. The van der Waals surface area contributed by atoms with Crippen LogP contribution in [0.5, 0.6) is 0 Å². The first kappa shape index (κ1) is 12.1. The molecule has 3 rings (SSSR count). The Labute approximate surface area is 119 Å². The van der Waals surface area contributed by atoms with E-state index in [4.69, 9.17) is 0 Å². The van der Waals surface area contributed by atoms with Crippen molar-refractivity contribution in [2.24, 2.45) is 0 Å². The number of halogens is 1. The van der Waals surface area contributed by atoms with E-state index in [1.165, 1.54) is 0 Å². The molecule has 0 aliphatic rings. The largest absolute Gasteiger partial charge is 0.710 e. The van der Waals surface area contributed by atoms with Gasteiger partial charge in [-0.05, 0) is 52.1 Å². The van der Waals surface area contributed by atoms with Crippen molar-refractivity contribution in [2.45, 2.75) is 6.92 Å². The number of para-hydroxylation sites is 1. The third-order valence-corrected chi connectivity index (χ3v) is 3.76. The van der Waals surface area contributed by atoms with Crippen molar-refractivity contribution in [3.05, 3.63) is 63.9 Å². The van der Waals surface area contributed by atoms with Crippen LogP contribution in [-0.2, 0) is 0 Å². The summed E-state index contributed by atoms with van der Waals surface area (Å²) in [4.78, 5) is 4.51. The minimum absolute atomic E-state index is 0.428. The van der Waals surface area contributed by atoms with Gasteiger partial charge < -0.3 is 5.21 Å². The smallest absolute Gasteiger partial charge is 0.334 e. The molecule has 0 spiro atoms. The van der Waals surface area contributed by atoms with Crippen molar-refractivity contribution in [1.82, 2.24) is 4.98 Å². The number of fused-ring (bicyclic) bond motifs is 1. The maximum Gasteiger partial charge on any atom is 0.334 e. The monoisotopic (exact) mass is 314 g/mol. The summed E-state index contributed by atoms with van der Waals surface area (Å²) >= 11 is 3.49. The summed E-state index contributed by atoms with van der Waals surface area (Å²) in [5.41, 5.74) is 2.29. The molecule has 0 fully saturated rings. The van der Waals surface area contributed by atoms with Gasteiger partial charge in [0.2, 0.25) is 5.52 Å². The maximum absolute atomic E-state index is 12.3. The van der Waals surface area contributed by atoms with Crippen LogP contribution in [0.25, 0.3) is 22.3 Å². The molecular formula is C15H11BrN2O. The van der Waals surface area contributed by atoms with Gasteiger partial charge in [-0.3, -0.25) is 0 Å². The van der Waals surface area contributed by atoms with Gasteiger partial charge in [-0.1, -0.05) is 24.3 Å². The molecule has 3 aromatic rings. The van der Waals surface area contributed by atoms with Crippen molar-refractivity contribution in [3.63, 3.8) is 0 Å². The summed E-state index contributed by atoms with van der Waals surface area (Å²) in [5, 5.41) is 13.2. The zero-order chi connectivity index (χ0) is 13.4. The zero-order valence-corrected chi connectivity index (χ0v) is 11.9. The lowest BCUT2D eigenvalue weighted by Gasteiger charge is -2.11. The molecule has 1 aromatic heterocycles. The number of benzene rings is 2. The summed E-state index contributed by atoms with van der Waals surface area (Å²) in [5.74, 6) is 0.428. The third-order valence-electron chi connectivity index (χ3n) is 3.12. The van der Waals surface area contributed by atoms with Crippen LogP contribution in [0.3, 0.4) is 0 Å². The molecule has 0 unspecified atom stereocenters. The molecule has 4 heteroatoms.